The Hall–Kier alpha value is -3.09. The fourth-order valence-corrected chi connectivity index (χ4v) is 2.04. The quantitative estimate of drug-likeness (QED) is 0.599. The molecule has 0 saturated heterocycles. The van der Waals surface area contributed by atoms with Gasteiger partial charge in [-0.1, -0.05) is 35.4 Å². The van der Waals surface area contributed by atoms with Gasteiger partial charge in [-0.25, -0.2) is 9.59 Å². The first-order chi connectivity index (χ1) is 13.6. The Morgan fingerprint density at radius 1 is 1.03 bits per heavy atom. The Morgan fingerprint density at radius 3 is 2.14 bits per heavy atom. The Bertz CT molecular complexity index is 762. The summed E-state index contributed by atoms with van der Waals surface area (Å²) < 4.78 is 15.1. The molecule has 158 valence electrons. The van der Waals surface area contributed by atoms with E-state index < -0.39 is 17.7 Å². The summed E-state index contributed by atoms with van der Waals surface area (Å²) in [5.74, 6) is -0.206. The number of aryl methyl sites for hydroxylation is 2. The molecule has 29 heavy (non-hydrogen) atoms. The van der Waals surface area contributed by atoms with Gasteiger partial charge in [0.05, 0.1) is 19.9 Å². The van der Waals surface area contributed by atoms with Crippen LogP contribution in [-0.4, -0.2) is 42.9 Å². The minimum absolute atomic E-state index is 0.176. The standard InChI is InChI=1S/C14H20N2O5.C8H10/c1-14(2,3)21-13(18)16-7-8-20-11-9-15-6-5-10(11)12(17)19-4;1-7-3-5-8(2)6-4-7/h5-6,9H,7-8H2,1-4H3,(H,16,18);3-6H,1-2H3. The zero-order chi connectivity index (χ0) is 21.9. The molecule has 2 rings (SSSR count). The summed E-state index contributed by atoms with van der Waals surface area (Å²) in [7, 11) is 1.29. The molecule has 0 saturated carbocycles. The molecule has 1 N–H and O–H groups in total. The van der Waals surface area contributed by atoms with E-state index in [1.807, 2.05) is 0 Å². The summed E-state index contributed by atoms with van der Waals surface area (Å²) in [6.07, 6.45) is 2.36. The highest BCUT2D eigenvalue weighted by atomic mass is 16.6. The average molecular weight is 402 g/mol. The van der Waals surface area contributed by atoms with Gasteiger partial charge < -0.3 is 19.5 Å². The summed E-state index contributed by atoms with van der Waals surface area (Å²) in [4.78, 5) is 26.8. The van der Waals surface area contributed by atoms with E-state index in [4.69, 9.17) is 9.47 Å². The fourth-order valence-electron chi connectivity index (χ4n) is 2.04. The minimum atomic E-state index is -0.549. The van der Waals surface area contributed by atoms with E-state index in [1.54, 1.807) is 20.8 Å². The van der Waals surface area contributed by atoms with Crippen molar-refractivity contribution in [3.8, 4) is 5.75 Å². The van der Waals surface area contributed by atoms with Crippen LogP contribution in [0, 0.1) is 13.8 Å². The molecule has 0 spiro atoms. The van der Waals surface area contributed by atoms with Crippen molar-refractivity contribution in [2.45, 2.75) is 40.2 Å². The van der Waals surface area contributed by atoms with Crippen LogP contribution in [0.25, 0.3) is 0 Å². The molecule has 7 nitrogen and oxygen atoms in total. The number of nitrogens with zero attached hydrogens (tertiary/aromatic N) is 1. The van der Waals surface area contributed by atoms with Crippen molar-refractivity contribution in [3.05, 3.63) is 59.4 Å². The highest BCUT2D eigenvalue weighted by molar-refractivity contribution is 5.92. The number of methoxy groups -OCH3 is 1. The second-order valence-electron chi connectivity index (χ2n) is 7.30. The van der Waals surface area contributed by atoms with Gasteiger partial charge in [0.2, 0.25) is 0 Å². The zero-order valence-electron chi connectivity index (χ0n) is 17.9. The summed E-state index contributed by atoms with van der Waals surface area (Å²) in [6, 6.07) is 9.98. The van der Waals surface area contributed by atoms with Crippen LogP contribution in [0.2, 0.25) is 0 Å². The molecule has 0 atom stereocenters. The molecule has 1 heterocycles. The van der Waals surface area contributed by atoms with Crippen molar-refractivity contribution in [2.24, 2.45) is 0 Å². The first-order valence-electron chi connectivity index (χ1n) is 9.27. The van der Waals surface area contributed by atoms with Crippen molar-refractivity contribution in [1.29, 1.82) is 0 Å². The largest absolute Gasteiger partial charge is 0.489 e. The van der Waals surface area contributed by atoms with Gasteiger partial charge in [0.25, 0.3) is 0 Å². The predicted molar refractivity (Wildman–Crippen MR) is 111 cm³/mol. The third-order valence-corrected chi connectivity index (χ3v) is 3.44. The molecule has 1 aromatic heterocycles. The third-order valence-electron chi connectivity index (χ3n) is 3.44. The number of ether oxygens (including phenoxy) is 3. The highest BCUT2D eigenvalue weighted by Gasteiger charge is 2.16. The van der Waals surface area contributed by atoms with Crippen molar-refractivity contribution >= 4 is 12.1 Å². The van der Waals surface area contributed by atoms with Gasteiger partial charge in [0.15, 0.2) is 5.75 Å². The van der Waals surface area contributed by atoms with Gasteiger partial charge in [-0.05, 0) is 40.7 Å². The van der Waals surface area contributed by atoms with Gasteiger partial charge in [0, 0.05) is 6.20 Å². The van der Waals surface area contributed by atoms with Crippen LogP contribution in [0.15, 0.2) is 42.7 Å². The lowest BCUT2D eigenvalue weighted by atomic mass is 10.2. The zero-order valence-corrected chi connectivity index (χ0v) is 17.9. The van der Waals surface area contributed by atoms with E-state index in [0.29, 0.717) is 5.75 Å². The fraction of sp³-hybridized carbons (Fsp3) is 0.409. The third kappa shape index (κ3) is 10.1. The second kappa shape index (κ2) is 11.7. The number of hydrogen-bond acceptors (Lipinski definition) is 6. The van der Waals surface area contributed by atoms with Gasteiger partial charge >= 0.3 is 12.1 Å². The molecule has 0 fully saturated rings. The molecule has 0 bridgehead atoms. The maximum atomic E-state index is 11.5. The lowest BCUT2D eigenvalue weighted by molar-refractivity contribution is 0.0516. The molecule has 0 radical (unpaired) electrons. The molecule has 0 unspecified atom stereocenters. The van der Waals surface area contributed by atoms with Crippen LogP contribution in [-0.2, 0) is 9.47 Å². The number of rotatable bonds is 5. The normalized spacial score (nSPS) is 10.3. The van der Waals surface area contributed by atoms with Gasteiger partial charge in [-0.2, -0.15) is 0 Å². The van der Waals surface area contributed by atoms with E-state index in [0.717, 1.165) is 0 Å². The number of esters is 1. The molecule has 1 aromatic carbocycles. The van der Waals surface area contributed by atoms with Crippen molar-refractivity contribution in [3.63, 3.8) is 0 Å². The monoisotopic (exact) mass is 402 g/mol. The topological polar surface area (TPSA) is 86.8 Å². The van der Waals surface area contributed by atoms with Crippen LogP contribution in [0.4, 0.5) is 4.79 Å². The molecule has 7 heteroatoms. The molecular weight excluding hydrogens is 372 g/mol. The number of pyridine rings is 1. The van der Waals surface area contributed by atoms with E-state index in [1.165, 1.54) is 36.7 Å². The number of carbonyl (C=O) groups is 2. The van der Waals surface area contributed by atoms with E-state index in [-0.39, 0.29) is 18.7 Å². The molecule has 0 aliphatic carbocycles. The Morgan fingerprint density at radius 2 is 1.62 bits per heavy atom. The van der Waals surface area contributed by atoms with Crippen molar-refractivity contribution in [1.82, 2.24) is 10.3 Å². The van der Waals surface area contributed by atoms with E-state index in [9.17, 15) is 9.59 Å². The van der Waals surface area contributed by atoms with Gasteiger partial charge in [0.1, 0.15) is 17.8 Å². The molecule has 2 aromatic rings. The number of aromatic nitrogens is 1. The molecule has 0 aliphatic rings. The van der Waals surface area contributed by atoms with Crippen molar-refractivity contribution in [2.75, 3.05) is 20.3 Å². The second-order valence-corrected chi connectivity index (χ2v) is 7.30. The van der Waals surface area contributed by atoms with E-state index >= 15 is 0 Å². The summed E-state index contributed by atoms with van der Waals surface area (Å²) in [6.45, 7) is 9.95. The van der Waals surface area contributed by atoms with Gasteiger partial charge in [-0.3, -0.25) is 4.98 Å². The molecular formula is C22H30N2O5. The predicted octanol–water partition coefficient (Wildman–Crippen LogP) is 4.08. The van der Waals surface area contributed by atoms with Crippen molar-refractivity contribution < 1.29 is 23.8 Å². The number of nitrogens with one attached hydrogen (secondary N) is 1. The maximum Gasteiger partial charge on any atom is 0.407 e. The number of amides is 1. The highest BCUT2D eigenvalue weighted by Crippen LogP contribution is 2.17. The van der Waals surface area contributed by atoms with Crippen LogP contribution in [0.1, 0.15) is 42.3 Å². The number of carbonyl (C=O) groups excluding carboxylic acids is 2. The average Bonchev–Trinajstić information content (AvgIpc) is 2.66. The SMILES string of the molecule is COC(=O)c1ccncc1OCCNC(=O)OC(C)(C)C.Cc1ccc(C)cc1. The number of alkyl carbamates (subject to hydrolysis) is 1. The number of benzene rings is 1. The van der Waals surface area contributed by atoms with Crippen LogP contribution < -0.4 is 10.1 Å². The Kier molecular flexibility index (Phi) is 9.65. The first kappa shape index (κ1) is 23.9. The van der Waals surface area contributed by atoms with Crippen LogP contribution in [0.3, 0.4) is 0 Å². The molecule has 0 aliphatic heterocycles. The summed E-state index contributed by atoms with van der Waals surface area (Å²) in [5, 5.41) is 2.55. The lowest BCUT2D eigenvalue weighted by Crippen LogP contribution is -2.34. The maximum absolute atomic E-state index is 11.5. The Balaban J connectivity index is 0.000000436. The summed E-state index contributed by atoms with van der Waals surface area (Å²) >= 11 is 0. The summed E-state index contributed by atoms with van der Waals surface area (Å²) in [5.41, 5.74) is 2.39. The first-order valence-corrected chi connectivity index (χ1v) is 9.27. The lowest BCUT2D eigenvalue weighted by Gasteiger charge is -2.19. The molecule has 1 amide bonds. The van der Waals surface area contributed by atoms with Crippen LogP contribution >= 0.6 is 0 Å². The Labute approximate surface area is 172 Å². The minimum Gasteiger partial charge on any atom is -0.489 e. The smallest absolute Gasteiger partial charge is 0.407 e. The van der Waals surface area contributed by atoms with Gasteiger partial charge in [-0.15, -0.1) is 0 Å². The number of hydrogen-bond donors (Lipinski definition) is 1. The van der Waals surface area contributed by atoms with E-state index in [2.05, 4.69) is 53.2 Å². The van der Waals surface area contributed by atoms with Crippen LogP contribution in [0.5, 0.6) is 5.75 Å².